The number of hydrogen-bond acceptors (Lipinski definition) is 5. The van der Waals surface area contributed by atoms with Crippen molar-refractivity contribution in [2.45, 2.75) is 126 Å². The molecule has 0 amide bonds. The van der Waals surface area contributed by atoms with E-state index < -0.39 is 0 Å². The number of furan rings is 1. The average Bonchev–Trinajstić information content (AvgIpc) is 3.52. The molecule has 4 heterocycles. The van der Waals surface area contributed by atoms with Crippen LogP contribution >= 0.6 is 0 Å². The van der Waals surface area contributed by atoms with Crippen LogP contribution in [0.15, 0.2) is 71.1 Å². The molecule has 0 aliphatic carbocycles. The standard InChI is InChI=1S/C53H61BN2O3/c1-29(2)34-24-41-46-42(25-34)56(48-32(5)22-37(23-33(48)6)53(13,14)15)49-38-26-35(51(7,8)9)16-17-43(38)59-50(49)54(46)39-27-44-45(58-19-18-57-44)28-40(39)55(41)47-30(3)20-36(21-31(47)4)52(10,11)12/h16-17,20-29H,18-19H2,1-15H3. The molecule has 0 fully saturated rings. The maximum Gasteiger partial charge on any atom is 0.297 e. The number of ether oxygens (including phenoxy) is 2. The first-order valence-electron chi connectivity index (χ1n) is 21.7. The maximum atomic E-state index is 7.30. The van der Waals surface area contributed by atoms with Crippen LogP contribution in [0.3, 0.4) is 0 Å². The quantitative estimate of drug-likeness (QED) is 0.167. The van der Waals surface area contributed by atoms with E-state index in [1.165, 1.54) is 72.7 Å². The van der Waals surface area contributed by atoms with Gasteiger partial charge in [0.15, 0.2) is 11.5 Å². The first kappa shape index (κ1) is 39.4. The van der Waals surface area contributed by atoms with Crippen LogP contribution in [0.5, 0.6) is 11.5 Å². The molecular formula is C53H61BN2O3. The van der Waals surface area contributed by atoms with E-state index in [4.69, 9.17) is 13.9 Å². The van der Waals surface area contributed by atoms with Crippen LogP contribution in [0, 0.1) is 27.7 Å². The van der Waals surface area contributed by atoms with Gasteiger partial charge in [0.2, 0.25) is 0 Å². The zero-order chi connectivity index (χ0) is 42.2. The summed E-state index contributed by atoms with van der Waals surface area (Å²) in [4.78, 5) is 5.12. The van der Waals surface area contributed by atoms with E-state index in [-0.39, 0.29) is 28.9 Å². The minimum Gasteiger partial charge on any atom is -0.486 e. The Morgan fingerprint density at radius 3 is 1.54 bits per heavy atom. The average molecular weight is 785 g/mol. The van der Waals surface area contributed by atoms with Crippen LogP contribution in [0.4, 0.5) is 34.1 Å². The van der Waals surface area contributed by atoms with Crippen LogP contribution in [-0.2, 0) is 16.2 Å². The highest BCUT2D eigenvalue weighted by atomic mass is 16.6. The molecule has 5 aromatic carbocycles. The summed E-state index contributed by atoms with van der Waals surface area (Å²) in [5.41, 5.74) is 21.5. The summed E-state index contributed by atoms with van der Waals surface area (Å²) in [6.45, 7) is 35.3. The van der Waals surface area contributed by atoms with E-state index in [9.17, 15) is 0 Å². The molecule has 0 atom stereocenters. The Labute approximate surface area is 352 Å². The van der Waals surface area contributed by atoms with Gasteiger partial charge in [-0.1, -0.05) is 106 Å². The van der Waals surface area contributed by atoms with Crippen molar-refractivity contribution < 1.29 is 13.9 Å². The topological polar surface area (TPSA) is 38.1 Å². The number of nitrogens with zero attached hydrogens (tertiary/aromatic N) is 2. The van der Waals surface area contributed by atoms with Crippen LogP contribution in [0.2, 0.25) is 0 Å². The van der Waals surface area contributed by atoms with Gasteiger partial charge in [0.1, 0.15) is 18.8 Å². The van der Waals surface area contributed by atoms with Gasteiger partial charge in [-0.05, 0) is 136 Å². The van der Waals surface area contributed by atoms with Crippen molar-refractivity contribution >= 4 is 68.4 Å². The molecule has 9 rings (SSSR count). The van der Waals surface area contributed by atoms with Gasteiger partial charge in [-0.2, -0.15) is 0 Å². The first-order chi connectivity index (χ1) is 27.6. The lowest BCUT2D eigenvalue weighted by molar-refractivity contribution is 0.172. The molecule has 0 saturated heterocycles. The highest BCUT2D eigenvalue weighted by Gasteiger charge is 2.48. The van der Waals surface area contributed by atoms with Gasteiger partial charge in [-0.25, -0.2) is 0 Å². The van der Waals surface area contributed by atoms with Crippen LogP contribution in [-0.4, -0.2) is 19.9 Å². The molecule has 0 spiro atoms. The molecule has 6 heteroatoms. The van der Waals surface area contributed by atoms with Crippen molar-refractivity contribution in [3.63, 3.8) is 0 Å². The van der Waals surface area contributed by atoms with Crippen molar-refractivity contribution in [1.82, 2.24) is 0 Å². The smallest absolute Gasteiger partial charge is 0.297 e. The Kier molecular flexibility index (Phi) is 8.81. The number of anilines is 6. The predicted molar refractivity (Wildman–Crippen MR) is 250 cm³/mol. The third-order valence-electron chi connectivity index (χ3n) is 13.0. The fourth-order valence-corrected chi connectivity index (χ4v) is 9.79. The SMILES string of the molecule is Cc1cc(C(C)(C)C)cc(C)c1N1c2cc3c(cc2B2c4oc5ccc(C(C)(C)C)cc5c4N(c4c(C)cc(C(C)(C)C)cc4C)c4cc(C(C)C)cc1c42)OCCO3. The fourth-order valence-electron chi connectivity index (χ4n) is 9.79. The minimum absolute atomic E-state index is 0.0142. The van der Waals surface area contributed by atoms with Gasteiger partial charge in [0, 0.05) is 28.5 Å². The van der Waals surface area contributed by atoms with E-state index >= 15 is 0 Å². The van der Waals surface area contributed by atoms with Crippen molar-refractivity contribution in [3.05, 3.63) is 111 Å². The van der Waals surface area contributed by atoms with Crippen molar-refractivity contribution in [2.75, 3.05) is 23.0 Å². The summed E-state index contributed by atoms with van der Waals surface area (Å²) in [6.07, 6.45) is 0. The lowest BCUT2D eigenvalue weighted by Crippen LogP contribution is -2.61. The van der Waals surface area contributed by atoms with Crippen LogP contribution < -0.4 is 35.9 Å². The van der Waals surface area contributed by atoms with Gasteiger partial charge < -0.3 is 23.7 Å². The minimum atomic E-state index is -0.191. The summed E-state index contributed by atoms with van der Waals surface area (Å²) in [6, 6.07) is 25.9. The van der Waals surface area contributed by atoms with E-state index in [1.54, 1.807) is 0 Å². The molecule has 5 nitrogen and oxygen atoms in total. The number of fused-ring (bicyclic) bond motifs is 7. The normalized spacial score (nSPS) is 14.9. The maximum absolute atomic E-state index is 7.30. The van der Waals surface area contributed by atoms with E-state index in [2.05, 4.69) is 180 Å². The number of aryl methyl sites for hydroxylation is 4. The van der Waals surface area contributed by atoms with E-state index in [0.717, 1.165) is 45.0 Å². The molecule has 0 saturated carbocycles. The Bertz CT molecular complexity index is 2670. The molecule has 3 aliphatic heterocycles. The second-order valence-electron chi connectivity index (χ2n) is 21.0. The highest BCUT2D eigenvalue weighted by molar-refractivity contribution is 7.00. The molecule has 6 aromatic rings. The van der Waals surface area contributed by atoms with Gasteiger partial charge in [0.05, 0.1) is 22.7 Å². The zero-order valence-corrected chi connectivity index (χ0v) is 38.0. The molecule has 0 N–H and O–H groups in total. The fraction of sp³-hybridized carbons (Fsp3) is 0.396. The van der Waals surface area contributed by atoms with Crippen molar-refractivity contribution in [1.29, 1.82) is 0 Å². The van der Waals surface area contributed by atoms with Crippen molar-refractivity contribution in [2.24, 2.45) is 0 Å². The summed E-state index contributed by atoms with van der Waals surface area (Å²) in [5, 5.41) is 1.14. The third-order valence-corrected chi connectivity index (χ3v) is 13.0. The van der Waals surface area contributed by atoms with Gasteiger partial charge >= 0.3 is 0 Å². The highest BCUT2D eigenvalue weighted by Crippen LogP contribution is 2.52. The van der Waals surface area contributed by atoms with E-state index in [1.807, 2.05) is 0 Å². The second kappa shape index (κ2) is 13.2. The molecular weight excluding hydrogens is 723 g/mol. The number of benzene rings is 5. The summed E-state index contributed by atoms with van der Waals surface area (Å²) in [5.74, 6) is 1.86. The Balaban J connectivity index is 1.45. The lowest BCUT2D eigenvalue weighted by Gasteiger charge is -2.44. The van der Waals surface area contributed by atoms with Gasteiger partial charge in [0.25, 0.3) is 6.71 Å². The molecule has 0 bridgehead atoms. The Hall–Kier alpha value is -5.10. The van der Waals surface area contributed by atoms with Gasteiger partial charge in [-0.3, -0.25) is 0 Å². The van der Waals surface area contributed by atoms with Gasteiger partial charge in [-0.15, -0.1) is 0 Å². The van der Waals surface area contributed by atoms with Crippen LogP contribution in [0.25, 0.3) is 11.0 Å². The molecule has 0 radical (unpaired) electrons. The third kappa shape index (κ3) is 6.18. The summed E-state index contributed by atoms with van der Waals surface area (Å²) < 4.78 is 20.1. The number of hydrogen-bond donors (Lipinski definition) is 0. The largest absolute Gasteiger partial charge is 0.486 e. The van der Waals surface area contributed by atoms with E-state index in [0.29, 0.717) is 13.2 Å². The molecule has 304 valence electrons. The zero-order valence-electron chi connectivity index (χ0n) is 38.0. The molecule has 0 unspecified atom stereocenters. The summed E-state index contributed by atoms with van der Waals surface area (Å²) in [7, 11) is 0. The predicted octanol–water partition coefficient (Wildman–Crippen LogP) is 12.5. The lowest BCUT2D eigenvalue weighted by atomic mass is 9.35. The Morgan fingerprint density at radius 2 is 1.03 bits per heavy atom. The van der Waals surface area contributed by atoms with Crippen LogP contribution in [0.1, 0.15) is 127 Å². The van der Waals surface area contributed by atoms with Crippen molar-refractivity contribution in [3.8, 4) is 11.5 Å². The summed E-state index contributed by atoms with van der Waals surface area (Å²) >= 11 is 0. The molecule has 1 aromatic heterocycles. The monoisotopic (exact) mass is 784 g/mol. The Morgan fingerprint density at radius 1 is 0.542 bits per heavy atom. The number of rotatable bonds is 3. The first-order valence-corrected chi connectivity index (χ1v) is 21.7. The second-order valence-corrected chi connectivity index (χ2v) is 21.0. The molecule has 59 heavy (non-hydrogen) atoms. The molecule has 3 aliphatic rings.